The monoisotopic (exact) mass is 391 g/mol. The largest absolute Gasteiger partial charge is 0.452 e. The minimum absolute atomic E-state index is 0.279. The number of rotatable bonds is 5. The molecule has 0 radical (unpaired) electrons. The van der Waals surface area contributed by atoms with Gasteiger partial charge >= 0.3 is 12.0 Å². The van der Waals surface area contributed by atoms with Crippen molar-refractivity contribution in [3.05, 3.63) is 77.0 Å². The van der Waals surface area contributed by atoms with Crippen molar-refractivity contribution in [1.82, 2.24) is 15.6 Å². The molecular formula is C22H21N3O4. The average molecular weight is 391 g/mol. The molecule has 0 atom stereocenters. The highest BCUT2D eigenvalue weighted by atomic mass is 16.5. The number of imide groups is 1. The van der Waals surface area contributed by atoms with Crippen LogP contribution in [0.1, 0.15) is 27.2 Å². The highest BCUT2D eigenvalue weighted by molar-refractivity contribution is 6.04. The van der Waals surface area contributed by atoms with Gasteiger partial charge in [-0.3, -0.25) is 15.1 Å². The number of urea groups is 1. The maximum absolute atomic E-state index is 12.5. The molecule has 0 bridgehead atoms. The van der Waals surface area contributed by atoms with Gasteiger partial charge in [-0.05, 0) is 37.6 Å². The number of fused-ring (bicyclic) bond motifs is 1. The zero-order valence-electron chi connectivity index (χ0n) is 16.2. The molecule has 3 aromatic rings. The van der Waals surface area contributed by atoms with E-state index in [1.54, 1.807) is 13.0 Å². The molecule has 0 aliphatic rings. The number of carbonyl (C=O) groups excluding carboxylic acids is 3. The zero-order chi connectivity index (χ0) is 20.8. The first-order valence-corrected chi connectivity index (χ1v) is 9.09. The molecule has 0 unspecified atom stereocenters. The van der Waals surface area contributed by atoms with Crippen molar-refractivity contribution in [3.63, 3.8) is 0 Å². The minimum atomic E-state index is -0.713. The Hall–Kier alpha value is -3.74. The van der Waals surface area contributed by atoms with Crippen LogP contribution in [0.2, 0.25) is 0 Å². The number of amides is 3. The van der Waals surface area contributed by atoms with Gasteiger partial charge in [0.2, 0.25) is 0 Å². The van der Waals surface area contributed by atoms with Gasteiger partial charge in [-0.15, -0.1) is 0 Å². The lowest BCUT2D eigenvalue weighted by Gasteiger charge is -2.10. The Balaban J connectivity index is 1.56. The van der Waals surface area contributed by atoms with E-state index in [2.05, 4.69) is 15.6 Å². The number of carbonyl (C=O) groups is 3. The van der Waals surface area contributed by atoms with Gasteiger partial charge in [0.05, 0.1) is 11.1 Å². The molecular weight excluding hydrogens is 370 g/mol. The molecule has 1 aromatic heterocycles. The van der Waals surface area contributed by atoms with Crippen LogP contribution < -0.4 is 10.6 Å². The molecule has 7 heteroatoms. The van der Waals surface area contributed by atoms with Crippen LogP contribution in [0.5, 0.6) is 0 Å². The number of benzene rings is 2. The van der Waals surface area contributed by atoms with Crippen LogP contribution in [0.15, 0.2) is 54.6 Å². The summed E-state index contributed by atoms with van der Waals surface area (Å²) in [6, 6.07) is 15.8. The number of aromatic nitrogens is 1. The summed E-state index contributed by atoms with van der Waals surface area (Å²) in [5, 5.41) is 5.36. The van der Waals surface area contributed by atoms with E-state index in [0.29, 0.717) is 22.2 Å². The van der Waals surface area contributed by atoms with Gasteiger partial charge < -0.3 is 10.1 Å². The third-order valence-electron chi connectivity index (χ3n) is 4.20. The maximum atomic E-state index is 12.5. The quantitative estimate of drug-likeness (QED) is 0.652. The van der Waals surface area contributed by atoms with E-state index in [0.717, 1.165) is 11.1 Å². The number of hydrogen-bond donors (Lipinski definition) is 2. The van der Waals surface area contributed by atoms with Crippen LogP contribution in [0, 0.1) is 13.8 Å². The Labute approximate surface area is 168 Å². The standard InChI is InChI=1S/C22H21N3O4/c1-14-8-9-19-17(10-14)18(11-15(2)24-19)21(27)29-13-20(26)25-22(28)23-12-16-6-4-3-5-7-16/h3-11H,12-13H2,1-2H3,(H2,23,25,26,28). The molecule has 2 aromatic carbocycles. The normalized spacial score (nSPS) is 10.4. The number of ether oxygens (including phenoxy) is 1. The summed E-state index contributed by atoms with van der Waals surface area (Å²) in [5.74, 6) is -1.36. The maximum Gasteiger partial charge on any atom is 0.339 e. The predicted octanol–water partition coefficient (Wildman–Crippen LogP) is 3.03. The molecule has 0 saturated heterocycles. The van der Waals surface area contributed by atoms with E-state index < -0.39 is 24.5 Å². The summed E-state index contributed by atoms with van der Waals surface area (Å²) in [4.78, 5) is 40.6. The zero-order valence-corrected chi connectivity index (χ0v) is 16.2. The van der Waals surface area contributed by atoms with Crippen LogP contribution in [-0.4, -0.2) is 29.5 Å². The molecule has 148 valence electrons. The molecule has 2 N–H and O–H groups in total. The summed E-state index contributed by atoms with van der Waals surface area (Å²) in [7, 11) is 0. The SMILES string of the molecule is Cc1ccc2nc(C)cc(C(=O)OCC(=O)NC(=O)NCc3ccccc3)c2c1. The van der Waals surface area contributed by atoms with Crippen LogP contribution in [0.25, 0.3) is 10.9 Å². The summed E-state index contributed by atoms with van der Waals surface area (Å²) in [5.41, 5.74) is 3.55. The Morgan fingerprint density at radius 1 is 1.00 bits per heavy atom. The van der Waals surface area contributed by atoms with E-state index in [4.69, 9.17) is 4.74 Å². The molecule has 0 fully saturated rings. The Kier molecular flexibility index (Phi) is 6.19. The first-order valence-electron chi connectivity index (χ1n) is 9.09. The average Bonchev–Trinajstić information content (AvgIpc) is 2.71. The van der Waals surface area contributed by atoms with Crippen molar-refractivity contribution in [2.75, 3.05) is 6.61 Å². The molecule has 3 amide bonds. The third-order valence-corrected chi connectivity index (χ3v) is 4.20. The number of pyridine rings is 1. The fourth-order valence-electron chi connectivity index (χ4n) is 2.83. The Bertz CT molecular complexity index is 1060. The van der Waals surface area contributed by atoms with Crippen molar-refractivity contribution in [3.8, 4) is 0 Å². The lowest BCUT2D eigenvalue weighted by Crippen LogP contribution is -2.41. The van der Waals surface area contributed by atoms with Crippen LogP contribution in [0.3, 0.4) is 0 Å². The van der Waals surface area contributed by atoms with Gasteiger partial charge in [0.1, 0.15) is 0 Å². The van der Waals surface area contributed by atoms with Crippen LogP contribution in [-0.2, 0) is 16.1 Å². The molecule has 7 nitrogen and oxygen atoms in total. The van der Waals surface area contributed by atoms with Crippen molar-refractivity contribution in [1.29, 1.82) is 0 Å². The molecule has 0 aliphatic carbocycles. The summed E-state index contributed by atoms with van der Waals surface area (Å²) < 4.78 is 5.10. The molecule has 0 spiro atoms. The van der Waals surface area contributed by atoms with Crippen molar-refractivity contribution >= 4 is 28.8 Å². The van der Waals surface area contributed by atoms with Gasteiger partial charge in [-0.2, -0.15) is 0 Å². The van der Waals surface area contributed by atoms with Gasteiger partial charge in [-0.25, -0.2) is 9.59 Å². The van der Waals surface area contributed by atoms with E-state index in [9.17, 15) is 14.4 Å². The van der Waals surface area contributed by atoms with Gasteiger partial charge in [0.15, 0.2) is 6.61 Å². The van der Waals surface area contributed by atoms with Gasteiger partial charge in [0.25, 0.3) is 5.91 Å². The first-order chi connectivity index (χ1) is 13.9. The lowest BCUT2D eigenvalue weighted by molar-refractivity contribution is -0.123. The number of nitrogens with zero attached hydrogens (tertiary/aromatic N) is 1. The van der Waals surface area contributed by atoms with Crippen LogP contribution in [0.4, 0.5) is 4.79 Å². The third kappa shape index (κ3) is 5.38. The molecule has 29 heavy (non-hydrogen) atoms. The highest BCUT2D eigenvalue weighted by Crippen LogP contribution is 2.20. The number of esters is 1. The van der Waals surface area contributed by atoms with Crippen molar-refractivity contribution in [2.24, 2.45) is 0 Å². The Morgan fingerprint density at radius 2 is 1.76 bits per heavy atom. The molecule has 0 aliphatic heterocycles. The molecule has 0 saturated carbocycles. The second kappa shape index (κ2) is 8.97. The van der Waals surface area contributed by atoms with E-state index >= 15 is 0 Å². The summed E-state index contributed by atoms with van der Waals surface area (Å²) >= 11 is 0. The lowest BCUT2D eigenvalue weighted by atomic mass is 10.1. The predicted molar refractivity (Wildman–Crippen MR) is 108 cm³/mol. The summed E-state index contributed by atoms with van der Waals surface area (Å²) in [6.07, 6.45) is 0. The van der Waals surface area contributed by atoms with E-state index in [-0.39, 0.29) is 6.54 Å². The van der Waals surface area contributed by atoms with Gasteiger partial charge in [0, 0.05) is 17.6 Å². The van der Waals surface area contributed by atoms with Crippen molar-refractivity contribution < 1.29 is 19.1 Å². The number of nitrogens with one attached hydrogen (secondary N) is 2. The highest BCUT2D eigenvalue weighted by Gasteiger charge is 2.16. The van der Waals surface area contributed by atoms with Gasteiger partial charge in [-0.1, -0.05) is 42.0 Å². The second-order valence-electron chi connectivity index (χ2n) is 6.62. The molecule has 1 heterocycles. The van der Waals surface area contributed by atoms with E-state index in [1.807, 2.05) is 55.5 Å². The van der Waals surface area contributed by atoms with Crippen LogP contribution >= 0.6 is 0 Å². The number of hydrogen-bond acceptors (Lipinski definition) is 5. The number of aryl methyl sites for hydroxylation is 2. The van der Waals surface area contributed by atoms with E-state index in [1.165, 1.54) is 0 Å². The van der Waals surface area contributed by atoms with Crippen molar-refractivity contribution in [2.45, 2.75) is 20.4 Å². The smallest absolute Gasteiger partial charge is 0.339 e. The first kappa shape index (κ1) is 20.0. The topological polar surface area (TPSA) is 97.4 Å². The second-order valence-corrected chi connectivity index (χ2v) is 6.62. The summed E-state index contributed by atoms with van der Waals surface area (Å²) in [6.45, 7) is 3.41. The fraction of sp³-hybridized carbons (Fsp3) is 0.182. The molecule has 3 rings (SSSR count). The Morgan fingerprint density at radius 3 is 2.52 bits per heavy atom. The fourth-order valence-corrected chi connectivity index (χ4v) is 2.83. The minimum Gasteiger partial charge on any atom is -0.452 e.